The predicted molar refractivity (Wildman–Crippen MR) is 131 cm³/mol. The maximum Gasteiger partial charge on any atom is 0.242 e. The van der Waals surface area contributed by atoms with Crippen LogP contribution in [0.25, 0.3) is 0 Å². The van der Waals surface area contributed by atoms with Crippen LogP contribution in [0.2, 0.25) is 0 Å². The summed E-state index contributed by atoms with van der Waals surface area (Å²) in [6.07, 6.45) is 1.04. The van der Waals surface area contributed by atoms with Gasteiger partial charge in [-0.25, -0.2) is 0 Å². The normalized spacial score (nSPS) is 12.1. The molecule has 0 aliphatic rings. The zero-order valence-corrected chi connectivity index (χ0v) is 20.9. The van der Waals surface area contributed by atoms with Crippen LogP contribution < -0.4 is 5.32 Å². The third-order valence-electron chi connectivity index (χ3n) is 5.39. The fourth-order valence-electron chi connectivity index (χ4n) is 3.29. The van der Waals surface area contributed by atoms with Crippen molar-refractivity contribution in [1.82, 2.24) is 10.2 Å². The minimum atomic E-state index is -0.529. The molecule has 0 spiro atoms. The van der Waals surface area contributed by atoms with Crippen molar-refractivity contribution in [2.24, 2.45) is 5.92 Å². The number of rotatable bonds is 10. The third-order valence-corrected chi connectivity index (χ3v) is 5.92. The number of benzene rings is 2. The van der Waals surface area contributed by atoms with Gasteiger partial charge in [0.2, 0.25) is 11.8 Å². The van der Waals surface area contributed by atoms with Crippen LogP contribution >= 0.6 is 15.9 Å². The molecular weight excluding hydrogens is 452 g/mol. The van der Waals surface area contributed by atoms with Crippen LogP contribution in [0.15, 0.2) is 53.0 Å². The molecule has 1 atom stereocenters. The standard InChI is InChI=1S/C26H35BrN2O2/c1-18(2)16-28-26(31)20(5)29(17-22-8-13-24(27)14-9-22)25(30)15-10-21-6-11-23(12-7-21)19(3)4/h6-9,11-14,18-20H,10,15-17H2,1-5H3,(H,28,31)/t20-/m0/s1. The Morgan fingerprint density at radius 1 is 0.903 bits per heavy atom. The van der Waals surface area contributed by atoms with Gasteiger partial charge in [0.25, 0.3) is 0 Å². The summed E-state index contributed by atoms with van der Waals surface area (Å²) in [6, 6.07) is 15.8. The summed E-state index contributed by atoms with van der Waals surface area (Å²) in [5.74, 6) is 0.728. The smallest absolute Gasteiger partial charge is 0.242 e. The highest BCUT2D eigenvalue weighted by atomic mass is 79.9. The predicted octanol–water partition coefficient (Wildman–Crippen LogP) is 5.69. The highest BCUT2D eigenvalue weighted by Gasteiger charge is 2.26. The molecule has 0 radical (unpaired) electrons. The molecule has 2 aromatic rings. The first-order valence-electron chi connectivity index (χ1n) is 11.1. The van der Waals surface area contributed by atoms with E-state index in [0.717, 1.165) is 15.6 Å². The van der Waals surface area contributed by atoms with Crippen molar-refractivity contribution >= 4 is 27.7 Å². The molecule has 1 N–H and O–H groups in total. The van der Waals surface area contributed by atoms with Gasteiger partial charge in [0.05, 0.1) is 0 Å². The van der Waals surface area contributed by atoms with Crippen molar-refractivity contribution < 1.29 is 9.59 Å². The highest BCUT2D eigenvalue weighted by molar-refractivity contribution is 9.10. The van der Waals surface area contributed by atoms with Crippen LogP contribution in [0.1, 0.15) is 63.6 Å². The van der Waals surface area contributed by atoms with E-state index >= 15 is 0 Å². The second kappa shape index (κ2) is 12.0. The van der Waals surface area contributed by atoms with Crippen molar-refractivity contribution in [3.63, 3.8) is 0 Å². The van der Waals surface area contributed by atoms with Gasteiger partial charge in [-0.2, -0.15) is 0 Å². The van der Waals surface area contributed by atoms with Gasteiger partial charge in [0.15, 0.2) is 0 Å². The Hall–Kier alpha value is -2.14. The first-order chi connectivity index (χ1) is 14.7. The van der Waals surface area contributed by atoms with Crippen molar-refractivity contribution in [3.05, 3.63) is 69.7 Å². The second-order valence-electron chi connectivity index (χ2n) is 8.86. The molecular formula is C26H35BrN2O2. The number of hydrogen-bond donors (Lipinski definition) is 1. The van der Waals surface area contributed by atoms with E-state index in [2.05, 4.69) is 73.2 Å². The van der Waals surface area contributed by atoms with Gasteiger partial charge in [-0.15, -0.1) is 0 Å². The van der Waals surface area contributed by atoms with E-state index in [0.29, 0.717) is 37.8 Å². The zero-order valence-electron chi connectivity index (χ0n) is 19.3. The number of nitrogens with one attached hydrogen (secondary N) is 1. The van der Waals surface area contributed by atoms with Crippen molar-refractivity contribution in [1.29, 1.82) is 0 Å². The Kier molecular flexibility index (Phi) is 9.76. The number of carbonyl (C=O) groups is 2. The van der Waals surface area contributed by atoms with Crippen LogP contribution in [0, 0.1) is 5.92 Å². The van der Waals surface area contributed by atoms with Crippen LogP contribution in [0.4, 0.5) is 0 Å². The summed E-state index contributed by atoms with van der Waals surface area (Å²) >= 11 is 3.45. The number of carbonyl (C=O) groups excluding carboxylic acids is 2. The Balaban J connectivity index is 2.10. The van der Waals surface area contributed by atoms with Gasteiger partial charge in [0.1, 0.15) is 6.04 Å². The summed E-state index contributed by atoms with van der Waals surface area (Å²) in [5.41, 5.74) is 3.43. The topological polar surface area (TPSA) is 49.4 Å². The third kappa shape index (κ3) is 8.13. The molecule has 5 heteroatoms. The van der Waals surface area contributed by atoms with Gasteiger partial charge < -0.3 is 10.2 Å². The largest absolute Gasteiger partial charge is 0.354 e. The maximum atomic E-state index is 13.2. The van der Waals surface area contributed by atoms with Gasteiger partial charge in [-0.1, -0.05) is 80.0 Å². The Morgan fingerprint density at radius 3 is 2.03 bits per heavy atom. The molecule has 0 fully saturated rings. The van der Waals surface area contributed by atoms with Gasteiger partial charge in [-0.05, 0) is 54.0 Å². The number of hydrogen-bond acceptors (Lipinski definition) is 2. The van der Waals surface area contributed by atoms with Crippen LogP contribution in [-0.4, -0.2) is 29.3 Å². The van der Waals surface area contributed by atoms with E-state index in [1.165, 1.54) is 5.56 Å². The first kappa shape index (κ1) is 25.1. The molecule has 0 saturated carbocycles. The number of halogens is 1. The Bertz CT molecular complexity index is 845. The molecule has 0 aliphatic carbocycles. The molecule has 0 unspecified atom stereocenters. The maximum absolute atomic E-state index is 13.2. The minimum absolute atomic E-state index is 0.0111. The molecule has 2 rings (SSSR count). The summed E-state index contributed by atoms with van der Waals surface area (Å²) in [5, 5.41) is 2.96. The molecule has 4 nitrogen and oxygen atoms in total. The lowest BCUT2D eigenvalue weighted by atomic mass is 10.00. The molecule has 0 heterocycles. The molecule has 0 aromatic heterocycles. The number of aryl methyl sites for hydroxylation is 1. The van der Waals surface area contributed by atoms with Crippen molar-refractivity contribution in [2.75, 3.05) is 6.54 Å². The quantitative estimate of drug-likeness (QED) is 0.468. The van der Waals surface area contributed by atoms with Gasteiger partial charge in [0, 0.05) is 24.0 Å². The SMILES string of the molecule is CC(C)CNC(=O)[C@H](C)N(Cc1ccc(Br)cc1)C(=O)CCc1ccc(C(C)C)cc1. The molecule has 0 bridgehead atoms. The van der Waals surface area contributed by atoms with E-state index in [1.807, 2.05) is 31.2 Å². The number of amides is 2. The lowest BCUT2D eigenvalue weighted by Crippen LogP contribution is -2.48. The van der Waals surface area contributed by atoms with E-state index in [1.54, 1.807) is 4.90 Å². The average molecular weight is 487 g/mol. The van der Waals surface area contributed by atoms with E-state index in [4.69, 9.17) is 0 Å². The van der Waals surface area contributed by atoms with E-state index in [-0.39, 0.29) is 11.8 Å². The Morgan fingerprint density at radius 2 is 1.48 bits per heavy atom. The van der Waals surface area contributed by atoms with Crippen LogP contribution in [0.3, 0.4) is 0 Å². The highest BCUT2D eigenvalue weighted by Crippen LogP contribution is 2.18. The summed E-state index contributed by atoms with van der Waals surface area (Å²) in [7, 11) is 0. The van der Waals surface area contributed by atoms with Crippen LogP contribution in [-0.2, 0) is 22.6 Å². The minimum Gasteiger partial charge on any atom is -0.354 e. The Labute approximate surface area is 195 Å². The fourth-order valence-corrected chi connectivity index (χ4v) is 3.55. The fraction of sp³-hybridized carbons (Fsp3) is 0.462. The monoisotopic (exact) mass is 486 g/mol. The average Bonchev–Trinajstić information content (AvgIpc) is 2.75. The second-order valence-corrected chi connectivity index (χ2v) is 9.78. The molecule has 168 valence electrons. The summed E-state index contributed by atoms with van der Waals surface area (Å²) in [6.45, 7) is 11.3. The van der Waals surface area contributed by atoms with E-state index in [9.17, 15) is 9.59 Å². The first-order valence-corrected chi connectivity index (χ1v) is 11.9. The van der Waals surface area contributed by atoms with Crippen molar-refractivity contribution in [3.8, 4) is 0 Å². The van der Waals surface area contributed by atoms with E-state index < -0.39 is 6.04 Å². The summed E-state index contributed by atoms with van der Waals surface area (Å²) in [4.78, 5) is 27.6. The zero-order chi connectivity index (χ0) is 23.0. The molecule has 2 amide bonds. The lowest BCUT2D eigenvalue weighted by Gasteiger charge is -2.29. The molecule has 31 heavy (non-hydrogen) atoms. The molecule has 2 aromatic carbocycles. The number of nitrogens with zero attached hydrogens (tertiary/aromatic N) is 1. The summed E-state index contributed by atoms with van der Waals surface area (Å²) < 4.78 is 0.988. The lowest BCUT2D eigenvalue weighted by molar-refractivity contribution is -0.140. The molecule has 0 saturated heterocycles. The van der Waals surface area contributed by atoms with Crippen molar-refractivity contribution in [2.45, 2.75) is 66.0 Å². The molecule has 0 aliphatic heterocycles. The van der Waals surface area contributed by atoms with Gasteiger partial charge >= 0.3 is 0 Å². The van der Waals surface area contributed by atoms with Crippen LogP contribution in [0.5, 0.6) is 0 Å². The van der Waals surface area contributed by atoms with Gasteiger partial charge in [-0.3, -0.25) is 9.59 Å².